The van der Waals surface area contributed by atoms with Crippen LogP contribution in [0.3, 0.4) is 0 Å². The zero-order chi connectivity index (χ0) is 17.6. The minimum atomic E-state index is 0. The van der Waals surface area contributed by atoms with E-state index in [-0.39, 0.29) is 29.5 Å². The summed E-state index contributed by atoms with van der Waals surface area (Å²) in [6, 6.07) is 0. The van der Waals surface area contributed by atoms with E-state index in [1.165, 1.54) is 6.54 Å². The second-order valence-corrected chi connectivity index (χ2v) is 7.81. The van der Waals surface area contributed by atoms with Gasteiger partial charge in [0.2, 0.25) is 0 Å². The lowest BCUT2D eigenvalue weighted by Crippen LogP contribution is -2.59. The Labute approximate surface area is 171 Å². The number of likely N-dealkylation sites (N-methyl/N-ethyl adjacent to an activating group) is 1. The van der Waals surface area contributed by atoms with Gasteiger partial charge >= 0.3 is 0 Å². The molecule has 0 aromatic heterocycles. The third kappa shape index (κ3) is 6.52. The maximum Gasteiger partial charge on any atom is 0.193 e. The van der Waals surface area contributed by atoms with Gasteiger partial charge in [-0.1, -0.05) is 13.8 Å². The molecule has 25 heavy (non-hydrogen) atoms. The summed E-state index contributed by atoms with van der Waals surface area (Å²) in [4.78, 5) is 11.9. The molecular weight excluding hydrogens is 429 g/mol. The molecule has 0 bridgehead atoms. The quantitative estimate of drug-likeness (QED) is 0.378. The average Bonchev–Trinajstić information content (AvgIpc) is 2.57. The Hall–Kier alpha value is -0.120. The first kappa shape index (κ1) is 22.9. The molecule has 0 saturated carbocycles. The summed E-state index contributed by atoms with van der Waals surface area (Å²) in [5.74, 6) is 1.79. The zero-order valence-electron chi connectivity index (χ0n) is 16.8. The third-order valence-corrected chi connectivity index (χ3v) is 5.45. The fourth-order valence-electron chi connectivity index (χ4n) is 3.77. The van der Waals surface area contributed by atoms with Gasteiger partial charge in [0.25, 0.3) is 0 Å². The van der Waals surface area contributed by atoms with Crippen molar-refractivity contribution in [1.29, 1.82) is 0 Å². The van der Waals surface area contributed by atoms with Crippen molar-refractivity contribution in [3.63, 3.8) is 0 Å². The molecule has 2 fully saturated rings. The van der Waals surface area contributed by atoms with Crippen LogP contribution in [0.25, 0.3) is 0 Å². The summed E-state index contributed by atoms with van der Waals surface area (Å²) in [5, 5.41) is 3.65. The van der Waals surface area contributed by atoms with E-state index in [0.717, 1.165) is 70.7 Å². The minimum absolute atomic E-state index is 0. The molecule has 0 unspecified atom stereocenters. The van der Waals surface area contributed by atoms with E-state index in [4.69, 9.17) is 4.74 Å². The van der Waals surface area contributed by atoms with Gasteiger partial charge in [-0.05, 0) is 32.9 Å². The van der Waals surface area contributed by atoms with Gasteiger partial charge in [-0.15, -0.1) is 24.0 Å². The topological polar surface area (TPSA) is 43.3 Å². The molecule has 0 amide bonds. The van der Waals surface area contributed by atoms with Crippen LogP contribution in [0.5, 0.6) is 0 Å². The Morgan fingerprint density at radius 1 is 1.16 bits per heavy atom. The number of rotatable bonds is 5. The van der Waals surface area contributed by atoms with Gasteiger partial charge < -0.3 is 19.9 Å². The first-order valence-corrected chi connectivity index (χ1v) is 9.40. The Morgan fingerprint density at radius 2 is 1.76 bits per heavy atom. The summed E-state index contributed by atoms with van der Waals surface area (Å²) in [6.07, 6.45) is 2.15. The molecule has 0 spiro atoms. The van der Waals surface area contributed by atoms with Crippen molar-refractivity contribution in [2.45, 2.75) is 32.2 Å². The highest BCUT2D eigenvalue weighted by Gasteiger charge is 2.35. The molecule has 7 heteroatoms. The molecule has 0 atom stereocenters. The number of halogens is 1. The van der Waals surface area contributed by atoms with Crippen molar-refractivity contribution < 1.29 is 4.74 Å². The molecule has 2 aliphatic rings. The maximum absolute atomic E-state index is 5.57. The first-order chi connectivity index (χ1) is 11.5. The van der Waals surface area contributed by atoms with E-state index >= 15 is 0 Å². The van der Waals surface area contributed by atoms with Crippen LogP contribution in [0.2, 0.25) is 0 Å². The van der Waals surface area contributed by atoms with Crippen molar-refractivity contribution in [1.82, 2.24) is 20.0 Å². The van der Waals surface area contributed by atoms with Crippen LogP contribution in [0.4, 0.5) is 0 Å². The van der Waals surface area contributed by atoms with Crippen molar-refractivity contribution in [3.8, 4) is 0 Å². The van der Waals surface area contributed by atoms with Gasteiger partial charge in [0, 0.05) is 65.1 Å². The van der Waals surface area contributed by atoms with Crippen molar-refractivity contribution >= 4 is 29.9 Å². The molecule has 0 radical (unpaired) electrons. The molecule has 6 nitrogen and oxygen atoms in total. The zero-order valence-corrected chi connectivity index (χ0v) is 19.1. The summed E-state index contributed by atoms with van der Waals surface area (Å²) in [5.41, 5.74) is 0.174. The number of hydrogen-bond donors (Lipinski definition) is 1. The minimum Gasteiger partial charge on any atom is -0.381 e. The number of guanidine groups is 1. The average molecular weight is 467 g/mol. The number of hydrogen-bond acceptors (Lipinski definition) is 4. The van der Waals surface area contributed by atoms with Crippen LogP contribution in [0, 0.1) is 5.92 Å². The SMILES string of the molecule is CN=C(NCC1(N(C)C)CCOCC1)N1CCN(CC(C)C)CC1.I. The molecule has 1 N–H and O–H groups in total. The Balaban J connectivity index is 0.00000312. The van der Waals surface area contributed by atoms with Crippen molar-refractivity contribution in [2.75, 3.05) is 73.6 Å². The Morgan fingerprint density at radius 3 is 2.24 bits per heavy atom. The third-order valence-electron chi connectivity index (χ3n) is 5.45. The van der Waals surface area contributed by atoms with Crippen molar-refractivity contribution in [3.05, 3.63) is 0 Å². The first-order valence-electron chi connectivity index (χ1n) is 9.40. The fraction of sp³-hybridized carbons (Fsp3) is 0.944. The number of nitrogens with zero attached hydrogens (tertiary/aromatic N) is 4. The number of piperazine rings is 1. The van der Waals surface area contributed by atoms with Crippen LogP contribution in [-0.4, -0.2) is 99.8 Å². The van der Waals surface area contributed by atoms with E-state index in [1.54, 1.807) is 0 Å². The summed E-state index contributed by atoms with van der Waals surface area (Å²) >= 11 is 0. The predicted molar refractivity (Wildman–Crippen MR) is 116 cm³/mol. The molecule has 0 aliphatic carbocycles. The van der Waals surface area contributed by atoms with Crippen LogP contribution < -0.4 is 5.32 Å². The second kappa shape index (κ2) is 10.9. The lowest BCUT2D eigenvalue weighted by Gasteiger charge is -2.44. The van der Waals surface area contributed by atoms with E-state index in [0.29, 0.717) is 0 Å². The molecular formula is C18H38IN5O. The van der Waals surface area contributed by atoms with Gasteiger partial charge in [0.15, 0.2) is 5.96 Å². The van der Waals surface area contributed by atoms with Crippen LogP contribution >= 0.6 is 24.0 Å². The summed E-state index contributed by atoms with van der Waals surface area (Å²) in [7, 11) is 6.26. The Kier molecular flexibility index (Phi) is 9.98. The number of aliphatic imine (C=N–C) groups is 1. The molecule has 2 rings (SSSR count). The highest BCUT2D eigenvalue weighted by atomic mass is 127. The van der Waals surface area contributed by atoms with Gasteiger partial charge in [-0.2, -0.15) is 0 Å². The highest BCUT2D eigenvalue weighted by molar-refractivity contribution is 14.0. The summed E-state index contributed by atoms with van der Waals surface area (Å²) < 4.78 is 5.57. The smallest absolute Gasteiger partial charge is 0.193 e. The molecule has 148 valence electrons. The molecule has 2 heterocycles. The standard InChI is InChI=1S/C18H37N5O.HI/c1-16(2)14-22-8-10-23(11-9-22)17(19-3)20-15-18(21(4)5)6-12-24-13-7-18;/h16H,6-15H2,1-5H3,(H,19,20);1H. The Bertz CT molecular complexity index is 402. The highest BCUT2D eigenvalue weighted by Crippen LogP contribution is 2.25. The van der Waals surface area contributed by atoms with Gasteiger partial charge in [0.05, 0.1) is 0 Å². The largest absolute Gasteiger partial charge is 0.381 e. The van der Waals surface area contributed by atoms with E-state index in [1.807, 2.05) is 7.05 Å². The van der Waals surface area contributed by atoms with E-state index in [9.17, 15) is 0 Å². The van der Waals surface area contributed by atoms with Gasteiger partial charge in [-0.3, -0.25) is 9.89 Å². The number of nitrogens with one attached hydrogen (secondary N) is 1. The van der Waals surface area contributed by atoms with Gasteiger partial charge in [0.1, 0.15) is 0 Å². The summed E-state index contributed by atoms with van der Waals surface area (Å²) in [6.45, 7) is 12.8. The predicted octanol–water partition coefficient (Wildman–Crippen LogP) is 1.56. The number of ether oxygens (including phenoxy) is 1. The monoisotopic (exact) mass is 467 g/mol. The molecule has 2 saturated heterocycles. The normalized spacial score (nSPS) is 22.2. The maximum atomic E-state index is 5.57. The molecule has 0 aromatic carbocycles. The van der Waals surface area contributed by atoms with Crippen LogP contribution in [-0.2, 0) is 4.74 Å². The lowest BCUT2D eigenvalue weighted by molar-refractivity contribution is -0.00535. The van der Waals surface area contributed by atoms with Crippen molar-refractivity contribution in [2.24, 2.45) is 10.9 Å². The van der Waals surface area contributed by atoms with Crippen LogP contribution in [0.1, 0.15) is 26.7 Å². The van der Waals surface area contributed by atoms with E-state index in [2.05, 4.69) is 53.0 Å². The van der Waals surface area contributed by atoms with E-state index < -0.39 is 0 Å². The second-order valence-electron chi connectivity index (χ2n) is 7.81. The van der Waals surface area contributed by atoms with Gasteiger partial charge in [-0.25, -0.2) is 0 Å². The molecule has 0 aromatic rings. The van der Waals surface area contributed by atoms with Crippen LogP contribution in [0.15, 0.2) is 4.99 Å². The lowest BCUT2D eigenvalue weighted by atomic mass is 9.88. The molecule has 2 aliphatic heterocycles. The fourth-order valence-corrected chi connectivity index (χ4v) is 3.77.